The van der Waals surface area contributed by atoms with E-state index in [1.807, 2.05) is 12.1 Å². The van der Waals surface area contributed by atoms with Crippen molar-refractivity contribution in [3.05, 3.63) is 29.6 Å². The first-order chi connectivity index (χ1) is 9.93. The number of rotatable bonds is 3. The first kappa shape index (κ1) is 16.3. The van der Waals surface area contributed by atoms with Gasteiger partial charge < -0.3 is 10.6 Å². The summed E-state index contributed by atoms with van der Waals surface area (Å²) in [5.41, 5.74) is 7.85. The van der Waals surface area contributed by atoms with E-state index >= 15 is 0 Å². The van der Waals surface area contributed by atoms with E-state index in [9.17, 15) is 4.39 Å². The molecule has 1 aliphatic heterocycles. The Labute approximate surface area is 128 Å². The summed E-state index contributed by atoms with van der Waals surface area (Å²) < 4.78 is 14.1. The van der Waals surface area contributed by atoms with E-state index in [-0.39, 0.29) is 5.82 Å². The smallest absolute Gasteiger partial charge is 0.128 e. The van der Waals surface area contributed by atoms with Crippen LogP contribution in [0.5, 0.6) is 0 Å². The third-order valence-electron chi connectivity index (χ3n) is 4.78. The molecular formula is C18H29FN2. The maximum Gasteiger partial charge on any atom is 0.128 e. The molecule has 0 amide bonds. The van der Waals surface area contributed by atoms with Gasteiger partial charge in [-0.05, 0) is 55.7 Å². The Balaban J connectivity index is 2.18. The fraction of sp³-hybridized carbons (Fsp3) is 0.667. The van der Waals surface area contributed by atoms with E-state index in [1.165, 1.54) is 19.3 Å². The molecule has 0 aliphatic carbocycles. The Kier molecular flexibility index (Phi) is 5.26. The number of halogens is 1. The van der Waals surface area contributed by atoms with Crippen LogP contribution in [0.2, 0.25) is 0 Å². The van der Waals surface area contributed by atoms with Gasteiger partial charge in [0.1, 0.15) is 5.82 Å². The molecule has 1 unspecified atom stereocenters. The van der Waals surface area contributed by atoms with Gasteiger partial charge in [-0.3, -0.25) is 0 Å². The maximum absolute atomic E-state index is 14.1. The van der Waals surface area contributed by atoms with Crippen molar-refractivity contribution in [2.75, 3.05) is 24.5 Å². The van der Waals surface area contributed by atoms with Crippen LogP contribution in [-0.4, -0.2) is 19.6 Å². The fourth-order valence-electron chi connectivity index (χ4n) is 3.44. The third-order valence-corrected chi connectivity index (χ3v) is 4.78. The Morgan fingerprint density at radius 3 is 2.67 bits per heavy atom. The second-order valence-electron chi connectivity index (χ2n) is 7.26. The molecule has 1 aromatic carbocycles. The van der Waals surface area contributed by atoms with E-state index in [2.05, 4.69) is 25.7 Å². The number of hydrogen-bond acceptors (Lipinski definition) is 2. The molecular weight excluding hydrogens is 263 g/mol. The Morgan fingerprint density at radius 2 is 2.00 bits per heavy atom. The Morgan fingerprint density at radius 1 is 1.24 bits per heavy atom. The lowest BCUT2D eigenvalue weighted by Gasteiger charge is -2.30. The number of anilines is 1. The van der Waals surface area contributed by atoms with Crippen LogP contribution in [0.4, 0.5) is 10.1 Å². The zero-order valence-corrected chi connectivity index (χ0v) is 13.7. The highest BCUT2D eigenvalue weighted by molar-refractivity contribution is 5.54. The molecule has 118 valence electrons. The third kappa shape index (κ3) is 3.97. The van der Waals surface area contributed by atoms with Gasteiger partial charge >= 0.3 is 0 Å². The first-order valence-corrected chi connectivity index (χ1v) is 8.16. The molecule has 0 aromatic heterocycles. The predicted octanol–water partition coefficient (Wildman–Crippen LogP) is 3.98. The van der Waals surface area contributed by atoms with E-state index in [1.54, 1.807) is 6.07 Å². The number of benzene rings is 1. The second kappa shape index (κ2) is 6.78. The summed E-state index contributed by atoms with van der Waals surface area (Å²) in [6.45, 7) is 9.52. The summed E-state index contributed by atoms with van der Waals surface area (Å²) in [5.74, 6) is 0.628. The van der Waals surface area contributed by atoms with Gasteiger partial charge in [-0.1, -0.05) is 26.8 Å². The van der Waals surface area contributed by atoms with Crippen molar-refractivity contribution in [2.45, 2.75) is 46.5 Å². The van der Waals surface area contributed by atoms with Crippen molar-refractivity contribution in [1.82, 2.24) is 0 Å². The van der Waals surface area contributed by atoms with E-state index in [0.717, 1.165) is 30.3 Å². The normalized spacial score (nSPS) is 20.4. The number of hydrogen-bond donors (Lipinski definition) is 1. The molecule has 1 aliphatic rings. The highest BCUT2D eigenvalue weighted by Gasteiger charge is 2.27. The van der Waals surface area contributed by atoms with Crippen molar-refractivity contribution in [1.29, 1.82) is 0 Å². The molecule has 2 N–H and O–H groups in total. The minimum absolute atomic E-state index is 0.116. The summed E-state index contributed by atoms with van der Waals surface area (Å²) in [6, 6.07) is 5.41. The van der Waals surface area contributed by atoms with Gasteiger partial charge in [-0.25, -0.2) is 4.39 Å². The van der Waals surface area contributed by atoms with Crippen LogP contribution in [0.15, 0.2) is 18.2 Å². The van der Waals surface area contributed by atoms with Crippen molar-refractivity contribution >= 4 is 5.69 Å². The van der Waals surface area contributed by atoms with E-state index in [4.69, 9.17) is 5.73 Å². The second-order valence-corrected chi connectivity index (χ2v) is 7.26. The molecule has 1 aromatic rings. The molecule has 21 heavy (non-hydrogen) atoms. The highest BCUT2D eigenvalue weighted by Crippen LogP contribution is 2.36. The SMILES string of the molecule is CC(C)(C)C1CCCN(c2cccc(F)c2CCN)CC1. The van der Waals surface area contributed by atoms with Crippen molar-refractivity contribution < 1.29 is 4.39 Å². The lowest BCUT2D eigenvalue weighted by molar-refractivity contribution is 0.220. The van der Waals surface area contributed by atoms with Crippen LogP contribution in [0.1, 0.15) is 45.6 Å². The van der Waals surface area contributed by atoms with Crippen LogP contribution >= 0.6 is 0 Å². The van der Waals surface area contributed by atoms with Crippen LogP contribution in [-0.2, 0) is 6.42 Å². The lowest BCUT2D eigenvalue weighted by atomic mass is 9.77. The van der Waals surface area contributed by atoms with Gasteiger partial charge in [0.2, 0.25) is 0 Å². The topological polar surface area (TPSA) is 29.3 Å². The van der Waals surface area contributed by atoms with Gasteiger partial charge in [0.05, 0.1) is 0 Å². The molecule has 1 atom stereocenters. The maximum atomic E-state index is 14.1. The Hall–Kier alpha value is -1.09. The minimum atomic E-state index is -0.116. The number of nitrogens with zero attached hydrogens (tertiary/aromatic N) is 1. The molecule has 2 nitrogen and oxygen atoms in total. The van der Waals surface area contributed by atoms with Gasteiger partial charge in [0.25, 0.3) is 0 Å². The Bertz CT molecular complexity index is 465. The zero-order valence-electron chi connectivity index (χ0n) is 13.7. The summed E-state index contributed by atoms with van der Waals surface area (Å²) in [6.07, 6.45) is 4.24. The molecule has 0 radical (unpaired) electrons. The molecule has 0 spiro atoms. The van der Waals surface area contributed by atoms with Crippen molar-refractivity contribution in [3.8, 4) is 0 Å². The van der Waals surface area contributed by atoms with Crippen molar-refractivity contribution in [3.63, 3.8) is 0 Å². The van der Waals surface area contributed by atoms with Crippen molar-refractivity contribution in [2.24, 2.45) is 17.1 Å². The van der Waals surface area contributed by atoms with Gasteiger partial charge in [0.15, 0.2) is 0 Å². The first-order valence-electron chi connectivity index (χ1n) is 8.16. The summed E-state index contributed by atoms with van der Waals surface area (Å²) in [4.78, 5) is 2.36. The molecule has 1 fully saturated rings. The zero-order chi connectivity index (χ0) is 15.5. The molecule has 2 rings (SSSR count). The predicted molar refractivity (Wildman–Crippen MR) is 88.2 cm³/mol. The summed E-state index contributed by atoms with van der Waals surface area (Å²) >= 11 is 0. The van der Waals surface area contributed by atoms with Crippen LogP contribution in [0.3, 0.4) is 0 Å². The van der Waals surface area contributed by atoms with Crippen LogP contribution in [0.25, 0.3) is 0 Å². The monoisotopic (exact) mass is 292 g/mol. The molecule has 0 saturated carbocycles. The largest absolute Gasteiger partial charge is 0.371 e. The molecule has 1 saturated heterocycles. The minimum Gasteiger partial charge on any atom is -0.371 e. The van der Waals surface area contributed by atoms with E-state index in [0.29, 0.717) is 18.4 Å². The van der Waals surface area contributed by atoms with Crippen LogP contribution < -0.4 is 10.6 Å². The van der Waals surface area contributed by atoms with Gasteiger partial charge in [-0.15, -0.1) is 0 Å². The summed E-state index contributed by atoms with van der Waals surface area (Å²) in [5, 5.41) is 0. The van der Waals surface area contributed by atoms with Gasteiger partial charge in [0, 0.05) is 24.3 Å². The lowest BCUT2D eigenvalue weighted by Crippen LogP contribution is -2.27. The standard InChI is InChI=1S/C18H29FN2/c1-18(2,3)14-6-5-12-21(13-10-14)17-8-4-7-16(19)15(17)9-11-20/h4,7-8,14H,5-6,9-13,20H2,1-3H3. The molecule has 3 heteroatoms. The quantitative estimate of drug-likeness (QED) is 0.913. The average molecular weight is 292 g/mol. The van der Waals surface area contributed by atoms with E-state index < -0.39 is 0 Å². The number of nitrogens with two attached hydrogens (primary N) is 1. The highest BCUT2D eigenvalue weighted by atomic mass is 19.1. The average Bonchev–Trinajstić information content (AvgIpc) is 2.66. The molecule has 0 bridgehead atoms. The molecule has 1 heterocycles. The van der Waals surface area contributed by atoms with Gasteiger partial charge in [-0.2, -0.15) is 0 Å². The van der Waals surface area contributed by atoms with Crippen LogP contribution in [0, 0.1) is 17.2 Å². The summed E-state index contributed by atoms with van der Waals surface area (Å²) in [7, 11) is 0. The fourth-order valence-corrected chi connectivity index (χ4v) is 3.44.